The number of hydrogen-bond donors (Lipinski definition) is 0. The summed E-state index contributed by atoms with van der Waals surface area (Å²) < 4.78 is 11.3. The smallest absolute Gasteiger partial charge is 0.319 e. The lowest BCUT2D eigenvalue weighted by Crippen LogP contribution is -2.42. The third kappa shape index (κ3) is 3.45. The third-order valence-corrected chi connectivity index (χ3v) is 8.59. The van der Waals surface area contributed by atoms with Crippen molar-refractivity contribution in [3.05, 3.63) is 107 Å². The van der Waals surface area contributed by atoms with Crippen molar-refractivity contribution < 1.29 is 23.9 Å². The Morgan fingerprint density at radius 3 is 2.35 bits per heavy atom. The number of amides is 2. The van der Waals surface area contributed by atoms with E-state index in [1.807, 2.05) is 98.8 Å². The zero-order valence-electron chi connectivity index (χ0n) is 22.4. The molecule has 4 aromatic carbocycles. The van der Waals surface area contributed by atoms with Crippen molar-refractivity contribution in [2.24, 2.45) is 17.8 Å². The van der Waals surface area contributed by atoms with Gasteiger partial charge in [-0.1, -0.05) is 66.7 Å². The summed E-state index contributed by atoms with van der Waals surface area (Å²) in [6.07, 6.45) is 2.01. The molecule has 4 aromatic rings. The predicted molar refractivity (Wildman–Crippen MR) is 152 cm³/mol. The van der Waals surface area contributed by atoms with E-state index in [1.165, 1.54) is 4.90 Å². The van der Waals surface area contributed by atoms with Crippen LogP contribution in [-0.2, 0) is 14.4 Å². The Morgan fingerprint density at radius 2 is 1.57 bits per heavy atom. The topological polar surface area (TPSA) is 72.9 Å². The highest BCUT2D eigenvalue weighted by molar-refractivity contribution is 6.25. The quantitative estimate of drug-likeness (QED) is 0.185. The molecular formula is C34H27NO5. The van der Waals surface area contributed by atoms with Crippen molar-refractivity contribution in [2.75, 3.05) is 12.0 Å². The van der Waals surface area contributed by atoms with E-state index in [-0.39, 0.29) is 11.8 Å². The molecule has 0 saturated carbocycles. The molecule has 6 nitrogen and oxygen atoms in total. The van der Waals surface area contributed by atoms with E-state index >= 15 is 0 Å². The van der Waals surface area contributed by atoms with E-state index in [1.54, 1.807) is 7.11 Å². The maximum absolute atomic E-state index is 14.3. The lowest BCUT2D eigenvalue weighted by molar-refractivity contribution is -0.142. The number of hydrogen-bond acceptors (Lipinski definition) is 5. The van der Waals surface area contributed by atoms with Crippen LogP contribution in [0.3, 0.4) is 0 Å². The van der Waals surface area contributed by atoms with E-state index in [2.05, 4.69) is 0 Å². The number of fused-ring (bicyclic) bond motifs is 7. The van der Waals surface area contributed by atoms with Crippen molar-refractivity contribution in [3.8, 4) is 11.5 Å². The Morgan fingerprint density at radius 1 is 0.825 bits per heavy atom. The summed E-state index contributed by atoms with van der Waals surface area (Å²) in [4.78, 5) is 43.5. The highest BCUT2D eigenvalue weighted by Gasteiger charge is 2.60. The molecule has 1 fully saturated rings. The van der Waals surface area contributed by atoms with Crippen LogP contribution in [0.15, 0.2) is 84.9 Å². The minimum atomic E-state index is -0.883. The fraction of sp³-hybridized carbons (Fsp3) is 0.206. The molecule has 2 amide bonds. The van der Waals surface area contributed by atoms with Gasteiger partial charge < -0.3 is 9.47 Å². The van der Waals surface area contributed by atoms with Crippen LogP contribution in [-0.4, -0.2) is 24.9 Å². The highest BCUT2D eigenvalue weighted by Crippen LogP contribution is 2.55. The number of benzene rings is 4. The van der Waals surface area contributed by atoms with Gasteiger partial charge in [-0.3, -0.25) is 14.4 Å². The van der Waals surface area contributed by atoms with Gasteiger partial charge in [0, 0.05) is 16.9 Å². The van der Waals surface area contributed by atoms with Gasteiger partial charge in [-0.25, -0.2) is 4.90 Å². The number of carbonyl (C=O) groups is 3. The Kier molecular flexibility index (Phi) is 5.42. The minimum Gasteiger partial charge on any atom is -0.497 e. The summed E-state index contributed by atoms with van der Waals surface area (Å²) in [7, 11) is 1.61. The first-order chi connectivity index (χ1) is 19.4. The van der Waals surface area contributed by atoms with Crippen LogP contribution in [0.4, 0.5) is 5.69 Å². The van der Waals surface area contributed by atoms with Gasteiger partial charge in [0.2, 0.25) is 11.8 Å². The largest absolute Gasteiger partial charge is 0.497 e. The molecule has 0 bridgehead atoms. The van der Waals surface area contributed by atoms with E-state index in [9.17, 15) is 14.4 Å². The molecule has 0 radical (unpaired) electrons. The van der Waals surface area contributed by atoms with Gasteiger partial charge >= 0.3 is 5.97 Å². The van der Waals surface area contributed by atoms with Crippen LogP contribution in [0.1, 0.15) is 28.2 Å². The van der Waals surface area contributed by atoms with Crippen molar-refractivity contribution >= 4 is 39.8 Å². The Balaban J connectivity index is 1.45. The zero-order valence-corrected chi connectivity index (χ0v) is 22.4. The van der Waals surface area contributed by atoms with Crippen LogP contribution < -0.4 is 14.4 Å². The Labute approximate surface area is 231 Å². The first-order valence-corrected chi connectivity index (χ1v) is 13.4. The Bertz CT molecular complexity index is 1770. The summed E-state index contributed by atoms with van der Waals surface area (Å²) in [5.41, 5.74) is 4.73. The monoisotopic (exact) mass is 529 g/mol. The summed E-state index contributed by atoms with van der Waals surface area (Å²) >= 11 is 0. The van der Waals surface area contributed by atoms with Crippen LogP contribution >= 0.6 is 0 Å². The normalized spacial score (nSPS) is 23.3. The van der Waals surface area contributed by atoms with E-state index in [4.69, 9.17) is 9.47 Å². The molecule has 1 aliphatic carbocycles. The number of nitrogens with zero attached hydrogens (tertiary/aromatic N) is 1. The number of esters is 1. The van der Waals surface area contributed by atoms with Crippen molar-refractivity contribution in [1.29, 1.82) is 0 Å². The molecule has 2 heterocycles. The molecule has 6 heteroatoms. The first kappa shape index (κ1) is 24.3. The van der Waals surface area contributed by atoms with Crippen LogP contribution in [0.2, 0.25) is 0 Å². The van der Waals surface area contributed by atoms with Gasteiger partial charge in [0.15, 0.2) is 0 Å². The second-order valence-corrected chi connectivity index (χ2v) is 10.8. The summed E-state index contributed by atoms with van der Waals surface area (Å²) in [6.45, 7) is 3.82. The number of methoxy groups -OCH3 is 1. The summed E-state index contributed by atoms with van der Waals surface area (Å²) in [6, 6.07) is 25.0. The van der Waals surface area contributed by atoms with Gasteiger partial charge in [0.05, 0.1) is 30.6 Å². The molecule has 0 aromatic heterocycles. The minimum absolute atomic E-state index is 0.295. The van der Waals surface area contributed by atoms with Crippen molar-refractivity contribution in [3.63, 3.8) is 0 Å². The van der Waals surface area contributed by atoms with E-state index in [0.29, 0.717) is 17.2 Å². The number of carbonyl (C=O) groups excluding carboxylic acids is 3. The molecular weight excluding hydrogens is 502 g/mol. The molecule has 4 atom stereocenters. The van der Waals surface area contributed by atoms with E-state index in [0.717, 1.165) is 38.6 Å². The average Bonchev–Trinajstić information content (AvgIpc) is 3.23. The molecule has 0 unspecified atom stereocenters. The van der Waals surface area contributed by atoms with Crippen LogP contribution in [0.5, 0.6) is 11.5 Å². The van der Waals surface area contributed by atoms with Crippen LogP contribution in [0, 0.1) is 31.6 Å². The predicted octanol–water partition coefficient (Wildman–Crippen LogP) is 5.99. The number of aryl methyl sites for hydroxylation is 2. The molecule has 0 N–H and O–H groups in total. The molecule has 1 saturated heterocycles. The van der Waals surface area contributed by atoms with Crippen molar-refractivity contribution in [2.45, 2.75) is 19.8 Å². The summed E-state index contributed by atoms with van der Waals surface area (Å²) in [5.74, 6) is -2.88. The van der Waals surface area contributed by atoms with E-state index < -0.39 is 29.6 Å². The molecule has 7 rings (SSSR count). The van der Waals surface area contributed by atoms with Gasteiger partial charge in [0.1, 0.15) is 11.5 Å². The summed E-state index contributed by atoms with van der Waals surface area (Å²) in [5, 5.41) is 1.79. The SMILES string of the molecule is COc1ccc([C@@H]2C=C3c4ccc5ccccc5c4OC(=O)[C@@H]3[C@@H]3C(=O)N(c4cc(C)ccc4C)C(=O)[C@H]32)cc1. The molecule has 40 heavy (non-hydrogen) atoms. The molecule has 2 aliphatic heterocycles. The van der Waals surface area contributed by atoms with Crippen molar-refractivity contribution in [1.82, 2.24) is 0 Å². The second kappa shape index (κ2) is 8.91. The number of allylic oxidation sites excluding steroid dienone is 1. The number of rotatable bonds is 3. The number of imide groups is 1. The fourth-order valence-corrected chi connectivity index (χ4v) is 6.64. The molecule has 0 spiro atoms. The second-order valence-electron chi connectivity index (χ2n) is 10.8. The van der Waals surface area contributed by atoms with Crippen LogP contribution in [0.25, 0.3) is 16.3 Å². The van der Waals surface area contributed by atoms with Gasteiger partial charge in [-0.05, 0) is 59.7 Å². The zero-order chi connectivity index (χ0) is 27.7. The fourth-order valence-electron chi connectivity index (χ4n) is 6.64. The van der Waals surface area contributed by atoms with Gasteiger partial charge in [-0.2, -0.15) is 0 Å². The molecule has 198 valence electrons. The lowest BCUT2D eigenvalue weighted by atomic mass is 9.64. The Hall–Kier alpha value is -4.71. The molecule has 3 aliphatic rings. The maximum atomic E-state index is 14.3. The number of ether oxygens (including phenoxy) is 2. The third-order valence-electron chi connectivity index (χ3n) is 8.59. The average molecular weight is 530 g/mol. The highest BCUT2D eigenvalue weighted by atomic mass is 16.5. The number of anilines is 1. The lowest BCUT2D eigenvalue weighted by Gasteiger charge is -2.38. The first-order valence-electron chi connectivity index (χ1n) is 13.4. The standard InChI is InChI=1S/C34H27NO5/c1-18-8-9-19(2)27(16-18)35-32(36)28-25(21-10-13-22(39-3)14-11-21)17-26-24-15-12-20-6-4-5-7-23(20)31(24)40-34(38)29(26)30(28)33(35)37/h4-17,25,28-30H,1-3H3/t25-,28-,29-,30+/m0/s1. The van der Waals surface area contributed by atoms with Gasteiger partial charge in [-0.15, -0.1) is 0 Å². The van der Waals surface area contributed by atoms with Gasteiger partial charge in [0.25, 0.3) is 0 Å². The maximum Gasteiger partial charge on any atom is 0.319 e.